The highest BCUT2D eigenvalue weighted by Crippen LogP contribution is 2.15. The van der Waals surface area contributed by atoms with Crippen molar-refractivity contribution in [1.29, 1.82) is 0 Å². The predicted molar refractivity (Wildman–Crippen MR) is 61.6 cm³/mol. The first kappa shape index (κ1) is 10.3. The number of aromatic nitrogens is 2. The molecule has 15 heavy (non-hydrogen) atoms. The fraction of sp³-hybridized carbons (Fsp3) is 0.273. The van der Waals surface area contributed by atoms with Gasteiger partial charge in [0.15, 0.2) is 0 Å². The summed E-state index contributed by atoms with van der Waals surface area (Å²) < 4.78 is 0. The minimum atomic E-state index is -0.0152. The lowest BCUT2D eigenvalue weighted by atomic mass is 10.1. The Labute approximate surface area is 93.0 Å². The minimum Gasteiger partial charge on any atom is -0.323 e. The van der Waals surface area contributed by atoms with E-state index in [0.29, 0.717) is 0 Å². The average Bonchev–Trinajstić information content (AvgIpc) is 2.80. The van der Waals surface area contributed by atoms with E-state index in [0.717, 1.165) is 18.5 Å². The summed E-state index contributed by atoms with van der Waals surface area (Å²) in [6, 6.07) is 2.12. The van der Waals surface area contributed by atoms with E-state index in [-0.39, 0.29) is 6.04 Å². The van der Waals surface area contributed by atoms with Crippen LogP contribution in [-0.4, -0.2) is 9.97 Å². The summed E-state index contributed by atoms with van der Waals surface area (Å²) in [5.41, 5.74) is 8.23. The number of hydrogen-bond acceptors (Lipinski definition) is 4. The second-order valence-electron chi connectivity index (χ2n) is 3.41. The van der Waals surface area contributed by atoms with Crippen molar-refractivity contribution in [3.05, 3.63) is 46.7 Å². The molecule has 0 bridgehead atoms. The summed E-state index contributed by atoms with van der Waals surface area (Å²) in [4.78, 5) is 8.20. The molecular weight excluding hydrogens is 206 g/mol. The quantitative estimate of drug-likeness (QED) is 0.857. The maximum absolute atomic E-state index is 6.01. The predicted octanol–water partition coefficient (Wildman–Crippen LogP) is 2.17. The third-order valence-electron chi connectivity index (χ3n) is 2.29. The molecule has 0 fully saturated rings. The third-order valence-corrected chi connectivity index (χ3v) is 3.02. The Morgan fingerprint density at radius 3 is 3.00 bits per heavy atom. The van der Waals surface area contributed by atoms with Crippen LogP contribution in [0.25, 0.3) is 0 Å². The Hall–Kier alpha value is -1.26. The smallest absolute Gasteiger partial charge is 0.0753 e. The zero-order chi connectivity index (χ0) is 10.5. The number of aryl methyl sites for hydroxylation is 1. The molecule has 2 heterocycles. The standard InChI is InChI=1S/C11H13N3S/c12-10(11-7-13-4-5-14-11)2-1-9-3-6-15-8-9/h3-8,10H,1-2,12H2. The van der Waals surface area contributed by atoms with Gasteiger partial charge in [-0.2, -0.15) is 11.3 Å². The first-order valence-electron chi connectivity index (χ1n) is 4.89. The van der Waals surface area contributed by atoms with E-state index < -0.39 is 0 Å². The van der Waals surface area contributed by atoms with Gasteiger partial charge in [0.2, 0.25) is 0 Å². The van der Waals surface area contributed by atoms with Crippen LogP contribution in [0.4, 0.5) is 0 Å². The van der Waals surface area contributed by atoms with Gasteiger partial charge in [0, 0.05) is 24.6 Å². The van der Waals surface area contributed by atoms with Crippen LogP contribution in [0.15, 0.2) is 35.4 Å². The molecule has 0 aliphatic carbocycles. The van der Waals surface area contributed by atoms with Crippen LogP contribution < -0.4 is 5.73 Å². The van der Waals surface area contributed by atoms with E-state index >= 15 is 0 Å². The number of rotatable bonds is 4. The fourth-order valence-electron chi connectivity index (χ4n) is 1.41. The lowest BCUT2D eigenvalue weighted by Crippen LogP contribution is -2.13. The first-order chi connectivity index (χ1) is 7.36. The van der Waals surface area contributed by atoms with Crippen LogP contribution in [0.3, 0.4) is 0 Å². The van der Waals surface area contributed by atoms with Gasteiger partial charge < -0.3 is 5.73 Å². The fourth-order valence-corrected chi connectivity index (χ4v) is 2.11. The zero-order valence-electron chi connectivity index (χ0n) is 8.34. The molecule has 2 aromatic heterocycles. The lowest BCUT2D eigenvalue weighted by Gasteiger charge is -2.09. The normalized spacial score (nSPS) is 12.6. The van der Waals surface area contributed by atoms with E-state index in [1.807, 2.05) is 0 Å². The molecule has 2 N–H and O–H groups in total. The maximum atomic E-state index is 6.01. The van der Waals surface area contributed by atoms with Crippen LogP contribution in [-0.2, 0) is 6.42 Å². The molecule has 1 atom stereocenters. The molecular formula is C11H13N3S. The summed E-state index contributed by atoms with van der Waals surface area (Å²) in [5.74, 6) is 0. The van der Waals surface area contributed by atoms with Gasteiger partial charge in [0.05, 0.1) is 5.69 Å². The molecule has 0 radical (unpaired) electrons. The molecule has 2 aromatic rings. The Bertz CT molecular complexity index is 385. The van der Waals surface area contributed by atoms with Gasteiger partial charge in [-0.15, -0.1) is 0 Å². The second kappa shape index (κ2) is 5.00. The number of hydrogen-bond donors (Lipinski definition) is 1. The highest BCUT2D eigenvalue weighted by molar-refractivity contribution is 7.07. The first-order valence-corrected chi connectivity index (χ1v) is 5.83. The third kappa shape index (κ3) is 2.84. The molecule has 2 rings (SSSR count). The van der Waals surface area contributed by atoms with Crippen molar-refractivity contribution in [2.45, 2.75) is 18.9 Å². The van der Waals surface area contributed by atoms with Crippen LogP contribution in [0, 0.1) is 0 Å². The van der Waals surface area contributed by atoms with Crippen LogP contribution >= 0.6 is 11.3 Å². The number of nitrogens with two attached hydrogens (primary N) is 1. The van der Waals surface area contributed by atoms with Crippen molar-refractivity contribution < 1.29 is 0 Å². The van der Waals surface area contributed by atoms with Crippen molar-refractivity contribution in [2.24, 2.45) is 5.73 Å². The van der Waals surface area contributed by atoms with Crippen molar-refractivity contribution in [3.8, 4) is 0 Å². The van der Waals surface area contributed by atoms with Gasteiger partial charge in [-0.3, -0.25) is 9.97 Å². The largest absolute Gasteiger partial charge is 0.323 e. The van der Waals surface area contributed by atoms with Gasteiger partial charge in [-0.1, -0.05) is 0 Å². The minimum absolute atomic E-state index is 0.0152. The van der Waals surface area contributed by atoms with E-state index in [9.17, 15) is 0 Å². The summed E-state index contributed by atoms with van der Waals surface area (Å²) >= 11 is 1.72. The Kier molecular flexibility index (Phi) is 3.42. The van der Waals surface area contributed by atoms with Gasteiger partial charge in [0.1, 0.15) is 0 Å². The van der Waals surface area contributed by atoms with Gasteiger partial charge in [0.25, 0.3) is 0 Å². The van der Waals surface area contributed by atoms with Gasteiger partial charge in [-0.05, 0) is 35.2 Å². The molecule has 0 saturated heterocycles. The van der Waals surface area contributed by atoms with Crippen molar-refractivity contribution in [1.82, 2.24) is 9.97 Å². The van der Waals surface area contributed by atoms with Crippen LogP contribution in [0.2, 0.25) is 0 Å². The zero-order valence-corrected chi connectivity index (χ0v) is 9.15. The Morgan fingerprint density at radius 2 is 2.33 bits per heavy atom. The molecule has 3 nitrogen and oxygen atoms in total. The van der Waals surface area contributed by atoms with Gasteiger partial charge in [-0.25, -0.2) is 0 Å². The lowest BCUT2D eigenvalue weighted by molar-refractivity contribution is 0.630. The summed E-state index contributed by atoms with van der Waals surface area (Å²) in [6.45, 7) is 0. The van der Waals surface area contributed by atoms with Crippen molar-refractivity contribution in [3.63, 3.8) is 0 Å². The van der Waals surface area contributed by atoms with Crippen LogP contribution in [0.5, 0.6) is 0 Å². The Balaban J connectivity index is 1.90. The molecule has 0 amide bonds. The SMILES string of the molecule is NC(CCc1ccsc1)c1cnccn1. The second-order valence-corrected chi connectivity index (χ2v) is 4.19. The molecule has 0 saturated carbocycles. The average molecular weight is 219 g/mol. The molecule has 1 unspecified atom stereocenters. The highest BCUT2D eigenvalue weighted by atomic mass is 32.1. The van der Waals surface area contributed by atoms with E-state index in [1.165, 1.54) is 5.56 Å². The molecule has 78 valence electrons. The number of nitrogens with zero attached hydrogens (tertiary/aromatic N) is 2. The Morgan fingerprint density at radius 1 is 1.40 bits per heavy atom. The highest BCUT2D eigenvalue weighted by Gasteiger charge is 2.07. The number of thiophene rings is 1. The van der Waals surface area contributed by atoms with Crippen LogP contribution in [0.1, 0.15) is 23.7 Å². The monoisotopic (exact) mass is 219 g/mol. The van der Waals surface area contributed by atoms with Crippen molar-refractivity contribution >= 4 is 11.3 Å². The summed E-state index contributed by atoms with van der Waals surface area (Å²) in [6.07, 6.45) is 6.99. The maximum Gasteiger partial charge on any atom is 0.0753 e. The van der Waals surface area contributed by atoms with E-state index in [4.69, 9.17) is 5.73 Å². The molecule has 0 aliphatic heterocycles. The van der Waals surface area contributed by atoms with Crippen molar-refractivity contribution in [2.75, 3.05) is 0 Å². The molecule has 4 heteroatoms. The van der Waals surface area contributed by atoms with E-state index in [2.05, 4.69) is 26.8 Å². The molecule has 0 aliphatic rings. The van der Waals surface area contributed by atoms with E-state index in [1.54, 1.807) is 29.9 Å². The summed E-state index contributed by atoms with van der Waals surface area (Å²) in [7, 11) is 0. The summed E-state index contributed by atoms with van der Waals surface area (Å²) in [5, 5.41) is 4.24. The topological polar surface area (TPSA) is 51.8 Å². The van der Waals surface area contributed by atoms with Gasteiger partial charge >= 0.3 is 0 Å². The molecule has 0 spiro atoms. The molecule has 0 aromatic carbocycles.